The normalized spacial score (nSPS) is 10.6. The van der Waals surface area contributed by atoms with Crippen molar-refractivity contribution in [3.05, 3.63) is 47.3 Å². The first kappa shape index (κ1) is 13.6. The maximum absolute atomic E-state index is 5.76. The van der Waals surface area contributed by atoms with Gasteiger partial charge in [-0.15, -0.1) is 0 Å². The summed E-state index contributed by atoms with van der Waals surface area (Å²) >= 11 is 0. The third kappa shape index (κ3) is 3.81. The van der Waals surface area contributed by atoms with E-state index >= 15 is 0 Å². The first-order valence-corrected chi connectivity index (χ1v) is 6.12. The lowest BCUT2D eigenvalue weighted by Crippen LogP contribution is -2.07. The maximum Gasteiger partial charge on any atom is 0.162 e. The topological polar surface area (TPSA) is 56.5 Å². The summed E-state index contributed by atoms with van der Waals surface area (Å²) in [4.78, 5) is 0. The number of nitrogens with zero attached hydrogens (tertiary/aromatic N) is 1. The van der Waals surface area contributed by atoms with Gasteiger partial charge < -0.3 is 19.3 Å². The molecule has 0 unspecified atom stereocenters. The fraction of sp³-hybridized carbons (Fsp3) is 0.357. The van der Waals surface area contributed by atoms with E-state index in [4.69, 9.17) is 14.0 Å². The molecule has 0 aliphatic rings. The van der Waals surface area contributed by atoms with Crippen LogP contribution in [0.5, 0.6) is 5.75 Å². The molecule has 5 nitrogen and oxygen atoms in total. The van der Waals surface area contributed by atoms with E-state index in [0.29, 0.717) is 19.0 Å². The van der Waals surface area contributed by atoms with Crippen LogP contribution >= 0.6 is 0 Å². The van der Waals surface area contributed by atoms with Crippen molar-refractivity contribution in [3.8, 4) is 5.75 Å². The van der Waals surface area contributed by atoms with Gasteiger partial charge in [0, 0.05) is 25.3 Å². The second kappa shape index (κ2) is 6.92. The van der Waals surface area contributed by atoms with Crippen molar-refractivity contribution in [3.63, 3.8) is 0 Å². The Morgan fingerprint density at radius 2 is 2.11 bits per heavy atom. The molecule has 0 atom stereocenters. The van der Waals surface area contributed by atoms with Crippen molar-refractivity contribution in [2.24, 2.45) is 0 Å². The summed E-state index contributed by atoms with van der Waals surface area (Å²) in [5, 5.41) is 7.04. The summed E-state index contributed by atoms with van der Waals surface area (Å²) in [5.74, 6) is 1.55. The summed E-state index contributed by atoms with van der Waals surface area (Å²) in [6.07, 6.45) is 0. The van der Waals surface area contributed by atoms with Gasteiger partial charge in [0.05, 0.1) is 0 Å². The Morgan fingerprint density at radius 1 is 1.26 bits per heavy atom. The molecular weight excluding hydrogens is 244 g/mol. The van der Waals surface area contributed by atoms with Gasteiger partial charge in [0.15, 0.2) is 5.76 Å². The Morgan fingerprint density at radius 3 is 2.89 bits per heavy atom. The summed E-state index contributed by atoms with van der Waals surface area (Å²) in [6.45, 7) is 1.57. The number of rotatable bonds is 7. The highest BCUT2D eigenvalue weighted by Gasteiger charge is 2.06. The molecule has 1 aromatic heterocycles. The van der Waals surface area contributed by atoms with E-state index < -0.39 is 0 Å². The van der Waals surface area contributed by atoms with Crippen molar-refractivity contribution in [1.29, 1.82) is 0 Å². The molecule has 0 saturated heterocycles. The van der Waals surface area contributed by atoms with Crippen LogP contribution in [0.2, 0.25) is 0 Å². The molecule has 1 heterocycles. The molecule has 5 heteroatoms. The molecule has 2 rings (SSSR count). The molecule has 0 fully saturated rings. The van der Waals surface area contributed by atoms with Crippen LogP contribution in [0.4, 0.5) is 0 Å². The summed E-state index contributed by atoms with van der Waals surface area (Å²) in [7, 11) is 3.53. The van der Waals surface area contributed by atoms with Gasteiger partial charge >= 0.3 is 0 Å². The fourth-order valence-corrected chi connectivity index (χ4v) is 1.77. The first-order valence-electron chi connectivity index (χ1n) is 6.12. The Kier molecular flexibility index (Phi) is 4.94. The van der Waals surface area contributed by atoms with Crippen LogP contribution < -0.4 is 10.1 Å². The van der Waals surface area contributed by atoms with E-state index in [1.54, 1.807) is 7.11 Å². The van der Waals surface area contributed by atoms with Gasteiger partial charge in [0.1, 0.15) is 24.7 Å². The van der Waals surface area contributed by atoms with Gasteiger partial charge in [0.25, 0.3) is 0 Å². The lowest BCUT2D eigenvalue weighted by atomic mass is 10.2. The highest BCUT2D eigenvalue weighted by atomic mass is 16.5. The zero-order valence-corrected chi connectivity index (χ0v) is 11.2. The van der Waals surface area contributed by atoms with Crippen LogP contribution in [0, 0.1) is 0 Å². The number of hydrogen-bond donors (Lipinski definition) is 1. The second-order valence-corrected chi connectivity index (χ2v) is 4.14. The van der Waals surface area contributed by atoms with E-state index in [1.165, 1.54) is 0 Å². The fourth-order valence-electron chi connectivity index (χ4n) is 1.77. The minimum absolute atomic E-state index is 0.383. The molecule has 0 amide bonds. The third-order valence-electron chi connectivity index (χ3n) is 2.61. The van der Waals surface area contributed by atoms with E-state index in [-0.39, 0.29) is 0 Å². The smallest absolute Gasteiger partial charge is 0.162 e. The molecule has 0 radical (unpaired) electrons. The van der Waals surface area contributed by atoms with Gasteiger partial charge in [-0.25, -0.2) is 0 Å². The largest absolute Gasteiger partial charge is 0.487 e. The standard InChI is InChI=1S/C14H18N2O3/c1-15-8-11-5-3-4-6-14(11)18-9-12-7-13(10-17-2)19-16-12/h3-7,15H,8-10H2,1-2H3. The SMILES string of the molecule is CNCc1ccccc1OCc1cc(COC)on1. The molecule has 0 saturated carbocycles. The Balaban J connectivity index is 1.97. The average molecular weight is 262 g/mol. The van der Waals surface area contributed by atoms with Crippen LogP contribution in [0.15, 0.2) is 34.9 Å². The predicted octanol–water partition coefficient (Wildman–Crippen LogP) is 2.12. The number of hydrogen-bond acceptors (Lipinski definition) is 5. The zero-order chi connectivity index (χ0) is 13.5. The van der Waals surface area contributed by atoms with Gasteiger partial charge in [-0.3, -0.25) is 0 Å². The second-order valence-electron chi connectivity index (χ2n) is 4.14. The molecule has 0 bridgehead atoms. The lowest BCUT2D eigenvalue weighted by molar-refractivity contribution is 0.155. The molecule has 0 spiro atoms. The number of benzene rings is 1. The Bertz CT molecular complexity index is 511. The molecule has 19 heavy (non-hydrogen) atoms. The number of nitrogens with one attached hydrogen (secondary N) is 1. The maximum atomic E-state index is 5.76. The van der Waals surface area contributed by atoms with Crippen molar-refractivity contribution in [2.45, 2.75) is 19.8 Å². The molecule has 0 aliphatic heterocycles. The minimum atomic E-state index is 0.383. The lowest BCUT2D eigenvalue weighted by Gasteiger charge is -2.09. The highest BCUT2D eigenvalue weighted by molar-refractivity contribution is 5.33. The van der Waals surface area contributed by atoms with Gasteiger partial charge in [-0.2, -0.15) is 0 Å². The van der Waals surface area contributed by atoms with E-state index in [1.807, 2.05) is 37.4 Å². The predicted molar refractivity (Wildman–Crippen MR) is 70.8 cm³/mol. The van der Waals surface area contributed by atoms with Crippen LogP contribution in [0.1, 0.15) is 17.0 Å². The molecule has 0 aliphatic carbocycles. The van der Waals surface area contributed by atoms with Crippen LogP contribution in [-0.4, -0.2) is 19.3 Å². The first-order chi connectivity index (χ1) is 9.33. The average Bonchev–Trinajstić information content (AvgIpc) is 2.86. The van der Waals surface area contributed by atoms with Crippen LogP contribution in [0.3, 0.4) is 0 Å². The van der Waals surface area contributed by atoms with Crippen molar-refractivity contribution >= 4 is 0 Å². The highest BCUT2D eigenvalue weighted by Crippen LogP contribution is 2.19. The van der Waals surface area contributed by atoms with Gasteiger partial charge in [0.2, 0.25) is 0 Å². The van der Waals surface area contributed by atoms with E-state index in [2.05, 4.69) is 10.5 Å². The summed E-state index contributed by atoms with van der Waals surface area (Å²) in [6, 6.07) is 9.76. The van der Waals surface area contributed by atoms with Crippen LogP contribution in [0.25, 0.3) is 0 Å². The molecule has 102 valence electrons. The van der Waals surface area contributed by atoms with Crippen molar-refractivity contribution in [1.82, 2.24) is 10.5 Å². The van der Waals surface area contributed by atoms with Crippen LogP contribution in [-0.2, 0) is 24.5 Å². The number of aromatic nitrogens is 1. The number of para-hydroxylation sites is 1. The Labute approximate surface area is 112 Å². The molecule has 1 aromatic carbocycles. The van der Waals surface area contributed by atoms with Crippen molar-refractivity contribution in [2.75, 3.05) is 14.2 Å². The molecular formula is C14H18N2O3. The third-order valence-corrected chi connectivity index (χ3v) is 2.61. The summed E-state index contributed by atoms with van der Waals surface area (Å²) < 4.78 is 15.8. The minimum Gasteiger partial charge on any atom is -0.487 e. The Hall–Kier alpha value is -1.85. The van der Waals surface area contributed by atoms with E-state index in [9.17, 15) is 0 Å². The quantitative estimate of drug-likeness (QED) is 0.828. The zero-order valence-electron chi connectivity index (χ0n) is 11.2. The number of ether oxygens (including phenoxy) is 2. The summed E-state index contributed by atoms with van der Waals surface area (Å²) in [5.41, 5.74) is 1.87. The van der Waals surface area contributed by atoms with Gasteiger partial charge in [-0.05, 0) is 13.1 Å². The van der Waals surface area contributed by atoms with Gasteiger partial charge in [-0.1, -0.05) is 23.4 Å². The molecule has 2 aromatic rings. The monoisotopic (exact) mass is 262 g/mol. The number of methoxy groups -OCH3 is 1. The van der Waals surface area contributed by atoms with Crippen molar-refractivity contribution < 1.29 is 14.0 Å². The molecule has 1 N–H and O–H groups in total. The van der Waals surface area contributed by atoms with E-state index in [0.717, 1.165) is 23.6 Å².